The summed E-state index contributed by atoms with van der Waals surface area (Å²) in [6.07, 6.45) is 9.68. The summed E-state index contributed by atoms with van der Waals surface area (Å²) < 4.78 is 0. The van der Waals surface area contributed by atoms with Crippen LogP contribution in [-0.2, 0) is 0 Å². The molecule has 0 fully saturated rings. The van der Waals surface area contributed by atoms with Crippen molar-refractivity contribution >= 4 is 0 Å². The highest BCUT2D eigenvalue weighted by molar-refractivity contribution is 5.40. The maximum atomic E-state index is 3.99. The largest absolute Gasteiger partial charge is 0.388 e. The SMILES string of the molecule is C=C(NC)C1=CC(C(C)C)=CC=CC1. The van der Waals surface area contributed by atoms with E-state index >= 15 is 0 Å². The number of likely N-dealkylation sites (N-methyl/N-ethyl adjacent to an activating group) is 1. The first kappa shape index (κ1) is 10.8. The van der Waals surface area contributed by atoms with E-state index in [9.17, 15) is 0 Å². The molecule has 0 aromatic rings. The van der Waals surface area contributed by atoms with Crippen LogP contribution in [0.25, 0.3) is 0 Å². The van der Waals surface area contributed by atoms with Crippen LogP contribution in [0.1, 0.15) is 20.3 Å². The first-order valence-electron chi connectivity index (χ1n) is 5.09. The van der Waals surface area contributed by atoms with E-state index in [2.05, 4.69) is 50.0 Å². The first-order valence-corrected chi connectivity index (χ1v) is 5.09. The molecule has 14 heavy (non-hydrogen) atoms. The van der Waals surface area contributed by atoms with Gasteiger partial charge in [0.2, 0.25) is 0 Å². The molecular formula is C13H19N. The number of nitrogens with one attached hydrogen (secondary N) is 1. The summed E-state index contributed by atoms with van der Waals surface area (Å²) in [5.41, 5.74) is 3.66. The Labute approximate surface area is 86.9 Å². The second-order valence-corrected chi connectivity index (χ2v) is 3.85. The molecule has 0 saturated carbocycles. The molecule has 0 aliphatic heterocycles. The standard InChI is InChI=1S/C13H19N/c1-10(2)12-7-5-6-8-13(9-12)11(3)14-4/h5-7,9-10,14H,3,8H2,1-2,4H3. The van der Waals surface area contributed by atoms with Crippen LogP contribution in [0.5, 0.6) is 0 Å². The normalized spacial score (nSPS) is 16.0. The van der Waals surface area contributed by atoms with Crippen LogP contribution in [0, 0.1) is 5.92 Å². The third-order valence-electron chi connectivity index (χ3n) is 2.46. The summed E-state index contributed by atoms with van der Waals surface area (Å²) in [6.45, 7) is 8.41. The van der Waals surface area contributed by atoms with E-state index in [1.165, 1.54) is 11.1 Å². The van der Waals surface area contributed by atoms with Gasteiger partial charge in [0.05, 0.1) is 0 Å². The molecule has 1 aliphatic carbocycles. The lowest BCUT2D eigenvalue weighted by molar-refractivity contribution is 0.789. The Morgan fingerprint density at radius 1 is 1.50 bits per heavy atom. The first-order chi connectivity index (χ1) is 6.65. The van der Waals surface area contributed by atoms with Crippen molar-refractivity contribution in [3.05, 3.63) is 47.7 Å². The van der Waals surface area contributed by atoms with Crippen LogP contribution in [0.15, 0.2) is 47.7 Å². The van der Waals surface area contributed by atoms with Crippen LogP contribution in [0.3, 0.4) is 0 Å². The van der Waals surface area contributed by atoms with E-state index in [0.29, 0.717) is 5.92 Å². The van der Waals surface area contributed by atoms with Gasteiger partial charge >= 0.3 is 0 Å². The third-order valence-corrected chi connectivity index (χ3v) is 2.46. The topological polar surface area (TPSA) is 12.0 Å². The third kappa shape index (κ3) is 2.63. The number of rotatable bonds is 3. The van der Waals surface area contributed by atoms with Crippen molar-refractivity contribution in [1.29, 1.82) is 0 Å². The molecule has 0 aromatic carbocycles. The number of hydrogen-bond donors (Lipinski definition) is 1. The lowest BCUT2D eigenvalue weighted by Gasteiger charge is -2.10. The summed E-state index contributed by atoms with van der Waals surface area (Å²) in [6, 6.07) is 0. The molecular weight excluding hydrogens is 170 g/mol. The Morgan fingerprint density at radius 3 is 2.79 bits per heavy atom. The average molecular weight is 189 g/mol. The molecule has 0 amide bonds. The van der Waals surface area contributed by atoms with Gasteiger partial charge in [-0.1, -0.05) is 44.7 Å². The zero-order valence-corrected chi connectivity index (χ0v) is 9.30. The van der Waals surface area contributed by atoms with Gasteiger partial charge < -0.3 is 5.32 Å². The predicted octanol–water partition coefficient (Wildman–Crippen LogP) is 3.19. The van der Waals surface area contributed by atoms with Crippen LogP contribution in [0.4, 0.5) is 0 Å². The van der Waals surface area contributed by atoms with Gasteiger partial charge in [0.25, 0.3) is 0 Å². The van der Waals surface area contributed by atoms with Crippen LogP contribution in [-0.4, -0.2) is 7.05 Å². The monoisotopic (exact) mass is 189 g/mol. The minimum atomic E-state index is 0.567. The molecule has 0 unspecified atom stereocenters. The second kappa shape index (κ2) is 4.85. The van der Waals surface area contributed by atoms with Crippen molar-refractivity contribution in [2.24, 2.45) is 5.92 Å². The summed E-state index contributed by atoms with van der Waals surface area (Å²) >= 11 is 0. The van der Waals surface area contributed by atoms with Crippen molar-refractivity contribution in [2.45, 2.75) is 20.3 Å². The summed E-state index contributed by atoms with van der Waals surface area (Å²) in [5.74, 6) is 0.567. The molecule has 0 spiro atoms. The molecule has 1 heteroatoms. The maximum absolute atomic E-state index is 3.99. The van der Waals surface area contributed by atoms with Gasteiger partial charge in [-0.25, -0.2) is 0 Å². The highest BCUT2D eigenvalue weighted by Gasteiger charge is 2.06. The predicted molar refractivity (Wildman–Crippen MR) is 63.0 cm³/mol. The van der Waals surface area contributed by atoms with Gasteiger partial charge in [0, 0.05) is 12.7 Å². The van der Waals surface area contributed by atoms with Gasteiger partial charge in [-0.05, 0) is 23.5 Å². The van der Waals surface area contributed by atoms with Crippen molar-refractivity contribution in [3.63, 3.8) is 0 Å². The molecule has 0 saturated heterocycles. The fraction of sp³-hybridized carbons (Fsp3) is 0.385. The molecule has 1 nitrogen and oxygen atoms in total. The van der Waals surface area contributed by atoms with Crippen LogP contribution < -0.4 is 5.32 Å². The van der Waals surface area contributed by atoms with Gasteiger partial charge in [-0.2, -0.15) is 0 Å². The molecule has 76 valence electrons. The van der Waals surface area contributed by atoms with Crippen LogP contribution in [0.2, 0.25) is 0 Å². The number of hydrogen-bond acceptors (Lipinski definition) is 1. The van der Waals surface area contributed by atoms with E-state index in [0.717, 1.165) is 12.1 Å². The molecule has 1 N–H and O–H groups in total. The van der Waals surface area contributed by atoms with Crippen molar-refractivity contribution in [3.8, 4) is 0 Å². The van der Waals surface area contributed by atoms with Crippen LogP contribution >= 0.6 is 0 Å². The Morgan fingerprint density at radius 2 is 2.21 bits per heavy atom. The summed E-state index contributed by atoms with van der Waals surface area (Å²) in [5, 5.41) is 3.10. The van der Waals surface area contributed by atoms with Gasteiger partial charge in [-0.15, -0.1) is 0 Å². The molecule has 1 rings (SSSR count). The smallest absolute Gasteiger partial charge is 0.0300 e. The molecule has 0 radical (unpaired) electrons. The van der Waals surface area contributed by atoms with Crippen molar-refractivity contribution < 1.29 is 0 Å². The minimum Gasteiger partial charge on any atom is -0.388 e. The molecule has 0 heterocycles. The zero-order valence-electron chi connectivity index (χ0n) is 9.30. The highest BCUT2D eigenvalue weighted by Crippen LogP contribution is 2.21. The van der Waals surface area contributed by atoms with E-state index in [4.69, 9.17) is 0 Å². The number of allylic oxidation sites excluding steroid dienone is 6. The molecule has 1 aliphatic rings. The van der Waals surface area contributed by atoms with Crippen molar-refractivity contribution in [1.82, 2.24) is 5.32 Å². The molecule has 0 bridgehead atoms. The van der Waals surface area contributed by atoms with Gasteiger partial charge in [0.15, 0.2) is 0 Å². The summed E-state index contributed by atoms with van der Waals surface area (Å²) in [4.78, 5) is 0. The van der Waals surface area contributed by atoms with E-state index in [1.54, 1.807) is 0 Å². The fourth-order valence-electron chi connectivity index (χ4n) is 1.41. The summed E-state index contributed by atoms with van der Waals surface area (Å²) in [7, 11) is 1.91. The lowest BCUT2D eigenvalue weighted by atomic mass is 9.99. The van der Waals surface area contributed by atoms with Gasteiger partial charge in [0.1, 0.15) is 0 Å². The average Bonchev–Trinajstić information content (AvgIpc) is 2.41. The molecule has 0 atom stereocenters. The van der Waals surface area contributed by atoms with E-state index in [-0.39, 0.29) is 0 Å². The zero-order chi connectivity index (χ0) is 10.6. The van der Waals surface area contributed by atoms with Crippen molar-refractivity contribution in [2.75, 3.05) is 7.05 Å². The van der Waals surface area contributed by atoms with Gasteiger partial charge in [-0.3, -0.25) is 0 Å². The van der Waals surface area contributed by atoms with E-state index < -0.39 is 0 Å². The highest BCUT2D eigenvalue weighted by atomic mass is 14.8. The minimum absolute atomic E-state index is 0.567. The second-order valence-electron chi connectivity index (χ2n) is 3.85. The Hall–Kier alpha value is -1.24. The lowest BCUT2D eigenvalue weighted by Crippen LogP contribution is -2.07. The fourth-order valence-corrected chi connectivity index (χ4v) is 1.41. The Balaban J connectivity index is 2.93. The maximum Gasteiger partial charge on any atom is 0.0300 e. The Kier molecular flexibility index (Phi) is 3.75. The molecule has 0 aromatic heterocycles. The Bertz CT molecular complexity index is 303. The quantitative estimate of drug-likeness (QED) is 0.719. The van der Waals surface area contributed by atoms with E-state index in [1.807, 2.05) is 7.05 Å².